The van der Waals surface area contributed by atoms with E-state index in [-0.39, 0.29) is 5.41 Å². The highest BCUT2D eigenvalue weighted by Gasteiger charge is 2.19. The fraction of sp³-hybridized carbons (Fsp3) is 0.529. The molecular formula is C17H26ClNO5. The summed E-state index contributed by atoms with van der Waals surface area (Å²) < 4.78 is 5.67. The van der Waals surface area contributed by atoms with E-state index in [1.54, 1.807) is 0 Å². The summed E-state index contributed by atoms with van der Waals surface area (Å²) in [5.41, 5.74) is 1.42. The van der Waals surface area contributed by atoms with E-state index >= 15 is 0 Å². The van der Waals surface area contributed by atoms with Gasteiger partial charge in [0.25, 0.3) is 0 Å². The highest BCUT2D eigenvalue weighted by Crippen LogP contribution is 2.33. The number of hydrogen-bond acceptors (Lipinski definition) is 4. The van der Waals surface area contributed by atoms with E-state index in [1.165, 1.54) is 5.56 Å². The Morgan fingerprint density at radius 2 is 1.83 bits per heavy atom. The first-order valence-electron chi connectivity index (χ1n) is 7.69. The van der Waals surface area contributed by atoms with Gasteiger partial charge < -0.3 is 20.3 Å². The van der Waals surface area contributed by atoms with Gasteiger partial charge in [-0.3, -0.25) is 0 Å². The van der Waals surface area contributed by atoms with Gasteiger partial charge in [0.15, 0.2) is 0 Å². The van der Waals surface area contributed by atoms with E-state index in [4.69, 9.17) is 36.1 Å². The Morgan fingerprint density at radius 1 is 1.25 bits per heavy atom. The van der Waals surface area contributed by atoms with Gasteiger partial charge in [0.2, 0.25) is 0 Å². The van der Waals surface area contributed by atoms with Crippen LogP contribution in [0, 0.1) is 0 Å². The van der Waals surface area contributed by atoms with Gasteiger partial charge >= 0.3 is 11.9 Å². The van der Waals surface area contributed by atoms with E-state index in [0.717, 1.165) is 25.1 Å². The van der Waals surface area contributed by atoms with Crippen molar-refractivity contribution in [2.45, 2.75) is 39.0 Å². The molecular weight excluding hydrogens is 334 g/mol. The lowest BCUT2D eigenvalue weighted by molar-refractivity contribution is -0.159. The van der Waals surface area contributed by atoms with Crippen LogP contribution in [0.2, 0.25) is 5.02 Å². The molecule has 0 amide bonds. The van der Waals surface area contributed by atoms with Crippen LogP contribution in [0.1, 0.15) is 39.2 Å². The van der Waals surface area contributed by atoms with Crippen molar-refractivity contribution in [2.75, 3.05) is 20.2 Å². The predicted octanol–water partition coefficient (Wildman–Crippen LogP) is 3.17. The molecule has 0 aromatic heterocycles. The van der Waals surface area contributed by atoms with Gasteiger partial charge in [0, 0.05) is 0 Å². The summed E-state index contributed by atoms with van der Waals surface area (Å²) in [6.45, 7) is 8.30. The fourth-order valence-corrected chi connectivity index (χ4v) is 1.91. The third kappa shape index (κ3) is 8.17. The summed E-state index contributed by atoms with van der Waals surface area (Å²) in [4.78, 5) is 18.2. The van der Waals surface area contributed by atoms with Crippen LogP contribution in [0.3, 0.4) is 0 Å². The van der Waals surface area contributed by atoms with Gasteiger partial charge in [-0.15, -0.1) is 0 Å². The molecule has 0 spiro atoms. The number of ether oxygens (including phenoxy) is 1. The molecule has 1 rings (SSSR count). The molecule has 0 saturated carbocycles. The third-order valence-electron chi connectivity index (χ3n) is 3.61. The molecule has 0 radical (unpaired) electrons. The molecule has 6 nitrogen and oxygen atoms in total. The number of nitrogens with one attached hydrogen (secondary N) is 1. The van der Waals surface area contributed by atoms with Gasteiger partial charge in [-0.25, -0.2) is 9.59 Å². The van der Waals surface area contributed by atoms with Gasteiger partial charge in [-0.1, -0.05) is 38.4 Å². The monoisotopic (exact) mass is 359 g/mol. The number of benzene rings is 1. The molecule has 0 atom stereocenters. The molecule has 0 saturated heterocycles. The summed E-state index contributed by atoms with van der Waals surface area (Å²) in [5.74, 6) is -2.87. The average Bonchev–Trinajstić information content (AvgIpc) is 2.53. The van der Waals surface area contributed by atoms with Crippen molar-refractivity contribution < 1.29 is 24.5 Å². The fourth-order valence-electron chi connectivity index (χ4n) is 1.67. The van der Waals surface area contributed by atoms with Crippen LogP contribution in [0.15, 0.2) is 18.2 Å². The van der Waals surface area contributed by atoms with Crippen molar-refractivity contribution in [3.63, 3.8) is 0 Å². The molecule has 0 aliphatic heterocycles. The minimum absolute atomic E-state index is 0.161. The van der Waals surface area contributed by atoms with Crippen LogP contribution in [-0.2, 0) is 15.0 Å². The molecule has 0 unspecified atom stereocenters. The van der Waals surface area contributed by atoms with Crippen LogP contribution in [0.25, 0.3) is 0 Å². The second kappa shape index (κ2) is 10.9. The van der Waals surface area contributed by atoms with Crippen LogP contribution >= 0.6 is 11.6 Å². The number of aliphatic carboxylic acids is 2. The number of halogens is 1. The van der Waals surface area contributed by atoms with Crippen LogP contribution in [-0.4, -0.2) is 42.4 Å². The minimum Gasteiger partial charge on any atom is -0.492 e. The van der Waals surface area contributed by atoms with Crippen molar-refractivity contribution in [3.8, 4) is 5.75 Å². The highest BCUT2D eigenvalue weighted by atomic mass is 35.5. The summed E-state index contributed by atoms with van der Waals surface area (Å²) in [6, 6.07) is 6.12. The van der Waals surface area contributed by atoms with E-state index in [0.29, 0.717) is 11.6 Å². The topological polar surface area (TPSA) is 95.9 Å². The molecule has 0 fully saturated rings. The number of rotatable bonds is 7. The lowest BCUT2D eigenvalue weighted by Gasteiger charge is -2.24. The normalized spacial score (nSPS) is 10.5. The number of carbonyl (C=O) groups is 2. The second-order valence-electron chi connectivity index (χ2n) is 5.80. The van der Waals surface area contributed by atoms with E-state index in [1.807, 2.05) is 19.2 Å². The van der Waals surface area contributed by atoms with Crippen LogP contribution < -0.4 is 10.1 Å². The number of carboxylic acid groups (broad SMARTS) is 2. The molecule has 0 aliphatic rings. The summed E-state index contributed by atoms with van der Waals surface area (Å²) >= 11 is 6.26. The summed E-state index contributed by atoms with van der Waals surface area (Å²) in [5, 5.41) is 18.6. The lowest BCUT2D eigenvalue weighted by atomic mass is 9.82. The quantitative estimate of drug-likeness (QED) is 0.511. The Labute approximate surface area is 147 Å². The Hall–Kier alpha value is -1.79. The third-order valence-corrected chi connectivity index (χ3v) is 3.90. The van der Waals surface area contributed by atoms with Crippen molar-refractivity contribution >= 4 is 23.5 Å². The SMILES string of the molecule is CCC(C)(C)c1ccc(OCCCNC)c(Cl)c1.O=C(O)C(=O)O. The maximum absolute atomic E-state index is 9.10. The molecule has 0 heterocycles. The van der Waals surface area contributed by atoms with Gasteiger partial charge in [0.05, 0.1) is 11.6 Å². The largest absolute Gasteiger partial charge is 0.492 e. The average molecular weight is 360 g/mol. The smallest absolute Gasteiger partial charge is 0.414 e. The highest BCUT2D eigenvalue weighted by molar-refractivity contribution is 6.32. The molecule has 3 N–H and O–H groups in total. The van der Waals surface area contributed by atoms with E-state index < -0.39 is 11.9 Å². The maximum Gasteiger partial charge on any atom is 0.414 e. The molecule has 1 aromatic carbocycles. The Kier molecular flexibility index (Phi) is 10.1. The molecule has 0 aliphatic carbocycles. The second-order valence-corrected chi connectivity index (χ2v) is 6.21. The zero-order chi connectivity index (χ0) is 18.8. The maximum atomic E-state index is 9.10. The van der Waals surface area contributed by atoms with Crippen molar-refractivity contribution in [1.82, 2.24) is 5.32 Å². The van der Waals surface area contributed by atoms with E-state index in [2.05, 4.69) is 32.2 Å². The zero-order valence-electron chi connectivity index (χ0n) is 14.6. The van der Waals surface area contributed by atoms with Crippen LogP contribution in [0.5, 0.6) is 5.75 Å². The van der Waals surface area contributed by atoms with E-state index in [9.17, 15) is 0 Å². The Bertz CT molecular complexity index is 534. The van der Waals surface area contributed by atoms with Gasteiger partial charge in [-0.2, -0.15) is 0 Å². The summed E-state index contributed by atoms with van der Waals surface area (Å²) in [7, 11) is 1.94. The molecule has 1 aromatic rings. The first-order chi connectivity index (χ1) is 11.2. The predicted molar refractivity (Wildman–Crippen MR) is 94.1 cm³/mol. The van der Waals surface area contributed by atoms with Gasteiger partial charge in [-0.05, 0) is 49.5 Å². The van der Waals surface area contributed by atoms with Crippen LogP contribution in [0.4, 0.5) is 0 Å². The number of carboxylic acids is 2. The van der Waals surface area contributed by atoms with Crippen molar-refractivity contribution in [3.05, 3.63) is 28.8 Å². The molecule has 24 heavy (non-hydrogen) atoms. The summed E-state index contributed by atoms with van der Waals surface area (Å²) in [6.07, 6.45) is 2.07. The minimum atomic E-state index is -1.82. The number of hydrogen-bond donors (Lipinski definition) is 3. The first-order valence-corrected chi connectivity index (χ1v) is 8.07. The zero-order valence-corrected chi connectivity index (χ0v) is 15.3. The molecule has 7 heteroatoms. The van der Waals surface area contributed by atoms with Crippen molar-refractivity contribution in [2.24, 2.45) is 0 Å². The molecule has 0 bridgehead atoms. The van der Waals surface area contributed by atoms with Crippen molar-refractivity contribution in [1.29, 1.82) is 0 Å². The standard InChI is InChI=1S/C15H24ClNO.C2H2O4/c1-5-15(2,3)12-7-8-14(13(16)11-12)18-10-6-9-17-4;3-1(4)2(5)6/h7-8,11,17H,5-6,9-10H2,1-4H3;(H,3,4)(H,5,6). The Morgan fingerprint density at radius 3 is 2.25 bits per heavy atom. The lowest BCUT2D eigenvalue weighted by Crippen LogP contribution is -2.15. The van der Waals surface area contributed by atoms with Gasteiger partial charge in [0.1, 0.15) is 5.75 Å². The first kappa shape index (κ1) is 22.2. The molecule has 136 valence electrons. The Balaban J connectivity index is 0.000000754.